The minimum atomic E-state index is -0.226. The van der Waals surface area contributed by atoms with Crippen molar-refractivity contribution in [1.82, 2.24) is 24.9 Å². The lowest BCUT2D eigenvalue weighted by Gasteiger charge is -2.13. The summed E-state index contributed by atoms with van der Waals surface area (Å²) in [4.78, 5) is 29.4. The number of amides is 3. The number of hydrogen-bond donors (Lipinski definition) is 2. The van der Waals surface area contributed by atoms with Crippen molar-refractivity contribution in [2.45, 2.75) is 6.92 Å². The molecule has 110 valence electrons. The van der Waals surface area contributed by atoms with E-state index in [1.165, 1.54) is 0 Å². The predicted molar refractivity (Wildman–Crippen MR) is 77.2 cm³/mol. The van der Waals surface area contributed by atoms with E-state index in [-0.39, 0.29) is 11.9 Å². The van der Waals surface area contributed by atoms with E-state index in [0.29, 0.717) is 31.9 Å². The van der Waals surface area contributed by atoms with Crippen LogP contribution in [0.15, 0.2) is 24.5 Å². The fourth-order valence-corrected chi connectivity index (χ4v) is 2.33. The van der Waals surface area contributed by atoms with Crippen molar-refractivity contribution in [3.63, 3.8) is 0 Å². The molecule has 7 heteroatoms. The van der Waals surface area contributed by atoms with E-state index in [9.17, 15) is 9.59 Å². The Bertz CT molecular complexity index is 694. The topological polar surface area (TPSA) is 78.7 Å². The second-order valence-electron chi connectivity index (χ2n) is 5.07. The Kier molecular flexibility index (Phi) is 3.47. The molecule has 1 fully saturated rings. The average Bonchev–Trinajstić information content (AvgIpc) is 3.05. The van der Waals surface area contributed by atoms with Crippen LogP contribution in [-0.4, -0.2) is 52.4 Å². The molecule has 0 aromatic carbocycles. The molecule has 2 N–H and O–H groups in total. The van der Waals surface area contributed by atoms with E-state index in [2.05, 4.69) is 15.6 Å². The van der Waals surface area contributed by atoms with E-state index in [4.69, 9.17) is 0 Å². The van der Waals surface area contributed by atoms with Gasteiger partial charge >= 0.3 is 6.03 Å². The molecule has 0 radical (unpaired) electrons. The van der Waals surface area contributed by atoms with Gasteiger partial charge in [0.05, 0.1) is 0 Å². The van der Waals surface area contributed by atoms with Gasteiger partial charge in [-0.2, -0.15) is 0 Å². The molecule has 0 spiro atoms. The first-order valence-electron chi connectivity index (χ1n) is 6.90. The molecule has 21 heavy (non-hydrogen) atoms. The highest BCUT2D eigenvalue weighted by atomic mass is 16.2. The Balaban J connectivity index is 1.60. The molecule has 2 aromatic heterocycles. The molecule has 3 rings (SSSR count). The average molecular weight is 287 g/mol. The van der Waals surface area contributed by atoms with Gasteiger partial charge in [-0.05, 0) is 18.6 Å². The number of rotatable bonds is 4. The summed E-state index contributed by atoms with van der Waals surface area (Å²) in [6, 6.07) is 3.75. The largest absolute Gasteiger partial charge is 0.349 e. The fourth-order valence-electron chi connectivity index (χ4n) is 2.33. The lowest BCUT2D eigenvalue weighted by Crippen LogP contribution is -2.36. The number of hydrogen-bond acceptors (Lipinski definition) is 3. The summed E-state index contributed by atoms with van der Waals surface area (Å²) >= 11 is 0. The Morgan fingerprint density at radius 3 is 3.05 bits per heavy atom. The number of carbonyl (C=O) groups is 2. The van der Waals surface area contributed by atoms with Crippen molar-refractivity contribution in [1.29, 1.82) is 0 Å². The second kappa shape index (κ2) is 5.43. The summed E-state index contributed by atoms with van der Waals surface area (Å²) in [6.45, 7) is 4.25. The van der Waals surface area contributed by atoms with Gasteiger partial charge in [-0.1, -0.05) is 6.07 Å². The van der Waals surface area contributed by atoms with Crippen molar-refractivity contribution in [3.8, 4) is 0 Å². The quantitative estimate of drug-likeness (QED) is 0.854. The molecular formula is C14H17N5O2. The SMILES string of the molecule is Cc1ccc2nc(C(=O)NCCN3CCNC3=O)cn2c1. The summed E-state index contributed by atoms with van der Waals surface area (Å²) in [5.74, 6) is -0.226. The minimum Gasteiger partial charge on any atom is -0.349 e. The highest BCUT2D eigenvalue weighted by Gasteiger charge is 2.19. The number of nitrogens with zero attached hydrogens (tertiary/aromatic N) is 3. The molecule has 0 bridgehead atoms. The zero-order chi connectivity index (χ0) is 14.8. The van der Waals surface area contributed by atoms with E-state index in [1.807, 2.05) is 29.7 Å². The third-order valence-electron chi connectivity index (χ3n) is 3.44. The maximum Gasteiger partial charge on any atom is 0.317 e. The Morgan fingerprint density at radius 1 is 1.43 bits per heavy atom. The highest BCUT2D eigenvalue weighted by Crippen LogP contribution is 2.07. The first-order chi connectivity index (χ1) is 10.1. The predicted octanol–water partition coefficient (Wildman–Crippen LogP) is 0.398. The molecule has 0 saturated carbocycles. The van der Waals surface area contributed by atoms with E-state index in [1.54, 1.807) is 11.1 Å². The molecule has 1 saturated heterocycles. The third-order valence-corrected chi connectivity index (χ3v) is 3.44. The van der Waals surface area contributed by atoms with E-state index in [0.717, 1.165) is 11.2 Å². The molecule has 0 unspecified atom stereocenters. The van der Waals surface area contributed by atoms with Crippen LogP contribution >= 0.6 is 0 Å². The number of pyridine rings is 1. The number of urea groups is 1. The number of imidazole rings is 1. The zero-order valence-electron chi connectivity index (χ0n) is 11.8. The van der Waals surface area contributed by atoms with Crippen molar-refractivity contribution in [2.24, 2.45) is 0 Å². The lowest BCUT2D eigenvalue weighted by molar-refractivity contribution is 0.0946. The Labute approximate surface area is 122 Å². The monoisotopic (exact) mass is 287 g/mol. The number of nitrogens with one attached hydrogen (secondary N) is 2. The smallest absolute Gasteiger partial charge is 0.317 e. The van der Waals surface area contributed by atoms with Gasteiger partial charge in [-0.25, -0.2) is 9.78 Å². The number of carbonyl (C=O) groups excluding carboxylic acids is 2. The summed E-state index contributed by atoms with van der Waals surface area (Å²) in [7, 11) is 0. The molecule has 2 aromatic rings. The minimum absolute atomic E-state index is 0.0764. The molecule has 3 heterocycles. The summed E-state index contributed by atoms with van der Waals surface area (Å²) in [6.07, 6.45) is 3.63. The first kappa shape index (κ1) is 13.4. The summed E-state index contributed by atoms with van der Waals surface area (Å²) in [5, 5.41) is 5.51. The number of aryl methyl sites for hydroxylation is 1. The van der Waals surface area contributed by atoms with Crippen LogP contribution in [0.3, 0.4) is 0 Å². The van der Waals surface area contributed by atoms with Crippen LogP contribution in [0.1, 0.15) is 16.1 Å². The second-order valence-corrected chi connectivity index (χ2v) is 5.07. The van der Waals surface area contributed by atoms with Gasteiger partial charge in [0, 0.05) is 38.6 Å². The third kappa shape index (κ3) is 2.81. The van der Waals surface area contributed by atoms with Gasteiger partial charge in [-0.3, -0.25) is 4.79 Å². The zero-order valence-corrected chi connectivity index (χ0v) is 11.8. The van der Waals surface area contributed by atoms with Crippen molar-refractivity contribution in [2.75, 3.05) is 26.2 Å². The van der Waals surface area contributed by atoms with E-state index >= 15 is 0 Å². The van der Waals surface area contributed by atoms with Crippen molar-refractivity contribution >= 4 is 17.6 Å². The molecule has 1 aliphatic heterocycles. The standard InChI is InChI=1S/C14H17N5O2/c1-10-2-3-12-17-11(9-19(12)8-10)13(20)15-4-6-18-7-5-16-14(18)21/h2-3,8-9H,4-7H2,1H3,(H,15,20)(H,16,21). The molecular weight excluding hydrogens is 270 g/mol. The van der Waals surface area contributed by atoms with Crippen LogP contribution in [0.2, 0.25) is 0 Å². The molecule has 0 aliphatic carbocycles. The fraction of sp³-hybridized carbons (Fsp3) is 0.357. The normalized spacial score (nSPS) is 14.5. The molecule has 7 nitrogen and oxygen atoms in total. The van der Waals surface area contributed by atoms with Crippen LogP contribution in [0.25, 0.3) is 5.65 Å². The van der Waals surface area contributed by atoms with Gasteiger partial charge in [0.25, 0.3) is 5.91 Å². The maximum absolute atomic E-state index is 12.0. The van der Waals surface area contributed by atoms with E-state index < -0.39 is 0 Å². The Hall–Kier alpha value is -2.57. The molecule has 3 amide bonds. The van der Waals surface area contributed by atoms with Gasteiger partial charge in [0.15, 0.2) is 0 Å². The molecule has 1 aliphatic rings. The van der Waals surface area contributed by atoms with Gasteiger partial charge < -0.3 is 19.9 Å². The van der Waals surface area contributed by atoms with Gasteiger partial charge in [0.2, 0.25) is 0 Å². The van der Waals surface area contributed by atoms with Crippen LogP contribution in [0, 0.1) is 6.92 Å². The highest BCUT2D eigenvalue weighted by molar-refractivity contribution is 5.92. The van der Waals surface area contributed by atoms with Crippen molar-refractivity contribution in [3.05, 3.63) is 35.8 Å². The number of aromatic nitrogens is 2. The lowest BCUT2D eigenvalue weighted by atomic mass is 10.3. The maximum atomic E-state index is 12.0. The Morgan fingerprint density at radius 2 is 2.29 bits per heavy atom. The summed E-state index contributed by atoms with van der Waals surface area (Å²) in [5.41, 5.74) is 2.23. The summed E-state index contributed by atoms with van der Waals surface area (Å²) < 4.78 is 1.83. The van der Waals surface area contributed by atoms with Crippen LogP contribution < -0.4 is 10.6 Å². The van der Waals surface area contributed by atoms with Crippen LogP contribution in [-0.2, 0) is 0 Å². The number of fused-ring (bicyclic) bond motifs is 1. The van der Waals surface area contributed by atoms with Crippen LogP contribution in [0.4, 0.5) is 4.79 Å². The van der Waals surface area contributed by atoms with Crippen molar-refractivity contribution < 1.29 is 9.59 Å². The van der Waals surface area contributed by atoms with Gasteiger partial charge in [0.1, 0.15) is 11.3 Å². The first-order valence-corrected chi connectivity index (χ1v) is 6.90. The van der Waals surface area contributed by atoms with Gasteiger partial charge in [-0.15, -0.1) is 0 Å². The van der Waals surface area contributed by atoms with Crippen LogP contribution in [0.5, 0.6) is 0 Å². The molecule has 0 atom stereocenters.